The third-order valence-electron chi connectivity index (χ3n) is 4.05. The number of benzene rings is 2. The Bertz CT molecular complexity index is 982. The Morgan fingerprint density at radius 2 is 1.96 bits per heavy atom. The maximum absolute atomic E-state index is 12.5. The van der Waals surface area contributed by atoms with Crippen LogP contribution in [0.1, 0.15) is 36.3 Å². The van der Waals surface area contributed by atoms with Crippen LogP contribution in [-0.4, -0.2) is 21.2 Å². The van der Waals surface area contributed by atoms with Gasteiger partial charge in [-0.25, -0.2) is 0 Å². The van der Waals surface area contributed by atoms with E-state index in [1.54, 1.807) is 24.3 Å². The molecule has 28 heavy (non-hydrogen) atoms. The molecule has 1 aromatic heterocycles. The number of phenols is 2. The van der Waals surface area contributed by atoms with E-state index < -0.39 is 0 Å². The first-order valence-electron chi connectivity index (χ1n) is 8.72. The Balaban J connectivity index is 1.92. The average Bonchev–Trinajstić information content (AvgIpc) is 3.00. The maximum atomic E-state index is 12.5. The fourth-order valence-electron chi connectivity index (χ4n) is 2.80. The second-order valence-electron chi connectivity index (χ2n) is 6.74. The quantitative estimate of drug-likeness (QED) is 0.474. The smallest absolute Gasteiger partial charge is 0.255 e. The molecule has 0 fully saturated rings. The van der Waals surface area contributed by atoms with Gasteiger partial charge in [-0.2, -0.15) is 0 Å². The van der Waals surface area contributed by atoms with Crippen LogP contribution in [0.3, 0.4) is 0 Å². The summed E-state index contributed by atoms with van der Waals surface area (Å²) in [6, 6.07) is 11.2. The van der Waals surface area contributed by atoms with Crippen LogP contribution in [-0.2, 0) is 6.61 Å². The molecule has 8 heteroatoms. The lowest BCUT2D eigenvalue weighted by Gasteiger charge is -2.13. The van der Waals surface area contributed by atoms with E-state index in [0.29, 0.717) is 11.3 Å². The van der Waals surface area contributed by atoms with Crippen molar-refractivity contribution in [3.63, 3.8) is 0 Å². The minimum atomic E-state index is -0.385. The molecular formula is C20H20N2O6. The number of nitrogens with zero attached hydrogens (tertiary/aromatic N) is 2. The molecule has 0 atom stereocenters. The molecule has 0 aliphatic heterocycles. The first kappa shape index (κ1) is 19.2. The molecule has 2 N–H and O–H groups in total. The summed E-state index contributed by atoms with van der Waals surface area (Å²) in [5, 5.41) is 35.7. The van der Waals surface area contributed by atoms with Gasteiger partial charge in [-0.05, 0) is 10.8 Å². The predicted molar refractivity (Wildman–Crippen MR) is 98.8 cm³/mol. The molecule has 0 unspecified atom stereocenters. The number of ketones is 1. The Kier molecular flexibility index (Phi) is 5.49. The van der Waals surface area contributed by atoms with Gasteiger partial charge < -0.3 is 20.2 Å². The number of carbonyl (C=O) groups excluding carboxylic acids is 1. The molecule has 0 aliphatic carbocycles. The van der Waals surface area contributed by atoms with Crippen LogP contribution >= 0.6 is 0 Å². The lowest BCUT2D eigenvalue weighted by atomic mass is 9.99. The monoisotopic (exact) mass is 384 g/mol. The van der Waals surface area contributed by atoms with Crippen LogP contribution in [0.15, 0.2) is 47.1 Å². The van der Waals surface area contributed by atoms with E-state index in [9.17, 15) is 20.2 Å². The molecule has 146 valence electrons. The number of hydrogen-bond donors (Lipinski definition) is 2. The Labute approximate surface area is 161 Å². The molecule has 2 aromatic carbocycles. The predicted octanol–water partition coefficient (Wildman–Crippen LogP) is 3.19. The molecule has 0 bridgehead atoms. The van der Waals surface area contributed by atoms with Gasteiger partial charge in [-0.1, -0.05) is 44.2 Å². The fourth-order valence-corrected chi connectivity index (χ4v) is 2.80. The standard InChI is InChI=1S/C20H20N2O6/c1-12(2)8-16(24)19-17(25)9-14(23)10-18(19)27-11-15-20(21-28-22(15)26)13-6-4-3-5-7-13/h3-7,9-10,12,23,25H,8,11H2,1-2H3. The van der Waals surface area contributed by atoms with E-state index in [1.807, 2.05) is 19.9 Å². The second-order valence-corrected chi connectivity index (χ2v) is 6.74. The number of ether oxygens (including phenoxy) is 1. The van der Waals surface area contributed by atoms with Crippen molar-refractivity contribution >= 4 is 5.78 Å². The normalized spacial score (nSPS) is 11.0. The van der Waals surface area contributed by atoms with Gasteiger partial charge in [0.05, 0.1) is 0 Å². The van der Waals surface area contributed by atoms with Crippen molar-refractivity contribution in [1.82, 2.24) is 5.16 Å². The summed E-state index contributed by atoms with van der Waals surface area (Å²) in [7, 11) is 0. The van der Waals surface area contributed by atoms with E-state index in [0.717, 1.165) is 6.07 Å². The van der Waals surface area contributed by atoms with E-state index in [4.69, 9.17) is 4.74 Å². The highest BCUT2D eigenvalue weighted by Crippen LogP contribution is 2.35. The highest BCUT2D eigenvalue weighted by molar-refractivity contribution is 6.01. The molecule has 0 radical (unpaired) electrons. The highest BCUT2D eigenvalue weighted by atomic mass is 16.8. The van der Waals surface area contributed by atoms with Crippen LogP contribution in [0, 0.1) is 11.1 Å². The number of rotatable bonds is 7. The lowest BCUT2D eigenvalue weighted by molar-refractivity contribution is -0.808. The first-order valence-corrected chi connectivity index (χ1v) is 8.72. The summed E-state index contributed by atoms with van der Waals surface area (Å²) < 4.78 is 10.3. The number of Topliss-reactive ketones (excluding diaryl/α,β-unsaturated/α-hetero) is 1. The van der Waals surface area contributed by atoms with E-state index in [-0.39, 0.29) is 58.1 Å². The molecule has 0 amide bonds. The Morgan fingerprint density at radius 3 is 2.64 bits per heavy atom. The average molecular weight is 384 g/mol. The zero-order valence-corrected chi connectivity index (χ0v) is 15.5. The fraction of sp³-hybridized carbons (Fsp3) is 0.250. The van der Waals surface area contributed by atoms with Crippen molar-refractivity contribution in [2.24, 2.45) is 5.92 Å². The Hall–Kier alpha value is -3.55. The van der Waals surface area contributed by atoms with Crippen molar-refractivity contribution < 1.29 is 29.3 Å². The van der Waals surface area contributed by atoms with E-state index in [2.05, 4.69) is 9.79 Å². The summed E-state index contributed by atoms with van der Waals surface area (Å²) >= 11 is 0. The zero-order chi connectivity index (χ0) is 20.3. The van der Waals surface area contributed by atoms with Gasteiger partial charge in [0.1, 0.15) is 22.8 Å². The van der Waals surface area contributed by atoms with Crippen LogP contribution in [0.2, 0.25) is 0 Å². The molecule has 0 saturated heterocycles. The molecular weight excluding hydrogens is 364 g/mol. The van der Waals surface area contributed by atoms with Crippen LogP contribution in [0.5, 0.6) is 17.2 Å². The molecule has 0 aliphatic rings. The molecule has 3 aromatic rings. The summed E-state index contributed by atoms with van der Waals surface area (Å²) in [5.74, 6) is -0.934. The summed E-state index contributed by atoms with van der Waals surface area (Å²) in [5.41, 5.74) is 1.02. The number of phenolic OH excluding ortho intramolecular Hbond substituents is 2. The van der Waals surface area contributed by atoms with Gasteiger partial charge in [0, 0.05) is 29.3 Å². The summed E-state index contributed by atoms with van der Waals surface area (Å²) in [4.78, 5) is 12.7. The van der Waals surface area contributed by atoms with Crippen LogP contribution in [0.25, 0.3) is 11.3 Å². The van der Waals surface area contributed by atoms with Gasteiger partial charge >= 0.3 is 0 Å². The number of hydrogen-bond acceptors (Lipinski definition) is 7. The van der Waals surface area contributed by atoms with Crippen molar-refractivity contribution in [2.75, 3.05) is 0 Å². The van der Waals surface area contributed by atoms with Crippen LogP contribution < -0.4 is 9.64 Å². The third kappa shape index (κ3) is 4.06. The topological polar surface area (TPSA) is 120 Å². The second kappa shape index (κ2) is 7.99. The Morgan fingerprint density at radius 1 is 1.25 bits per heavy atom. The molecule has 8 nitrogen and oxygen atoms in total. The summed E-state index contributed by atoms with van der Waals surface area (Å²) in [6.07, 6.45) is 0.193. The van der Waals surface area contributed by atoms with Crippen LogP contribution in [0.4, 0.5) is 0 Å². The number of carbonyl (C=O) groups is 1. The number of aromatic nitrogens is 2. The van der Waals surface area contributed by atoms with Crippen molar-refractivity contribution in [2.45, 2.75) is 26.9 Å². The van der Waals surface area contributed by atoms with Crippen molar-refractivity contribution in [1.29, 1.82) is 0 Å². The van der Waals surface area contributed by atoms with Gasteiger partial charge in [0.15, 0.2) is 12.4 Å². The summed E-state index contributed by atoms with van der Waals surface area (Å²) in [6.45, 7) is 3.47. The molecule has 1 heterocycles. The molecule has 0 saturated carbocycles. The largest absolute Gasteiger partial charge is 0.508 e. The van der Waals surface area contributed by atoms with Crippen molar-refractivity contribution in [3.05, 3.63) is 58.9 Å². The van der Waals surface area contributed by atoms with Crippen molar-refractivity contribution in [3.8, 4) is 28.5 Å². The molecule has 0 spiro atoms. The van der Waals surface area contributed by atoms with E-state index >= 15 is 0 Å². The van der Waals surface area contributed by atoms with Gasteiger partial charge in [0.2, 0.25) is 5.69 Å². The minimum Gasteiger partial charge on any atom is -0.508 e. The molecule has 3 rings (SSSR count). The number of aromatic hydroxyl groups is 2. The minimum absolute atomic E-state index is 0.0247. The van der Waals surface area contributed by atoms with Gasteiger partial charge in [0.25, 0.3) is 5.69 Å². The van der Waals surface area contributed by atoms with E-state index in [1.165, 1.54) is 6.07 Å². The SMILES string of the molecule is CC(C)CC(=O)c1c(O)cc(O)cc1OCc1c(-c2ccccc2)no[n+]1[O-]. The lowest BCUT2D eigenvalue weighted by Crippen LogP contribution is -2.29. The van der Waals surface area contributed by atoms with Gasteiger partial charge in [-0.3, -0.25) is 9.42 Å². The third-order valence-corrected chi connectivity index (χ3v) is 4.05. The first-order chi connectivity index (χ1) is 13.4. The maximum Gasteiger partial charge on any atom is 0.255 e. The zero-order valence-electron chi connectivity index (χ0n) is 15.5. The van der Waals surface area contributed by atoms with Gasteiger partial charge in [-0.15, -0.1) is 0 Å². The highest BCUT2D eigenvalue weighted by Gasteiger charge is 2.24.